The van der Waals surface area contributed by atoms with Gasteiger partial charge in [0.1, 0.15) is 5.82 Å². The molecule has 1 aliphatic heterocycles. The summed E-state index contributed by atoms with van der Waals surface area (Å²) in [5.41, 5.74) is 2.42. The van der Waals surface area contributed by atoms with Crippen molar-refractivity contribution in [2.24, 2.45) is 5.92 Å². The van der Waals surface area contributed by atoms with Gasteiger partial charge in [0.25, 0.3) is 0 Å². The number of nitrogens with zero attached hydrogens (tertiary/aromatic N) is 3. The largest absolute Gasteiger partial charge is 0.381 e. The first-order valence-corrected chi connectivity index (χ1v) is 9.13. The number of hydrogen-bond acceptors (Lipinski definition) is 6. The minimum absolute atomic E-state index is 0.201. The first-order valence-electron chi connectivity index (χ1n) is 7.48. The molecule has 7 heteroatoms. The molecule has 4 nitrogen and oxygen atoms in total. The van der Waals surface area contributed by atoms with Gasteiger partial charge in [-0.15, -0.1) is 0 Å². The van der Waals surface area contributed by atoms with Gasteiger partial charge >= 0.3 is 0 Å². The first kappa shape index (κ1) is 15.0. The average Bonchev–Trinajstić information content (AvgIpc) is 3.14. The van der Waals surface area contributed by atoms with Crippen molar-refractivity contribution in [1.29, 1.82) is 0 Å². The average molecular weight is 349 g/mol. The fourth-order valence-electron chi connectivity index (χ4n) is 2.65. The SMILES string of the molecule is Cc1c(F)ccc2sc(N(Cc3ccsn3)CC3COC3)nc12. The lowest BCUT2D eigenvalue weighted by atomic mass is 10.1. The molecule has 1 fully saturated rings. The molecule has 3 aromatic rings. The van der Waals surface area contributed by atoms with E-state index in [2.05, 4.69) is 9.27 Å². The van der Waals surface area contributed by atoms with Gasteiger partial charge in [-0.3, -0.25) is 0 Å². The molecule has 0 bridgehead atoms. The smallest absolute Gasteiger partial charge is 0.186 e. The molecule has 23 heavy (non-hydrogen) atoms. The van der Waals surface area contributed by atoms with Crippen molar-refractivity contribution in [3.63, 3.8) is 0 Å². The zero-order valence-corrected chi connectivity index (χ0v) is 14.3. The summed E-state index contributed by atoms with van der Waals surface area (Å²) in [6.45, 7) is 4.99. The number of rotatable bonds is 5. The molecule has 2 aromatic heterocycles. The topological polar surface area (TPSA) is 38.2 Å². The number of thiazole rings is 1. The second kappa shape index (κ2) is 6.14. The lowest BCUT2D eigenvalue weighted by Gasteiger charge is -2.31. The van der Waals surface area contributed by atoms with E-state index in [1.54, 1.807) is 18.3 Å². The van der Waals surface area contributed by atoms with Gasteiger partial charge in [0, 0.05) is 23.4 Å². The number of aryl methyl sites for hydroxylation is 1. The van der Waals surface area contributed by atoms with Gasteiger partial charge in [-0.05, 0) is 36.7 Å². The van der Waals surface area contributed by atoms with E-state index in [1.807, 2.05) is 17.5 Å². The second-order valence-corrected chi connectivity index (χ2v) is 7.47. The van der Waals surface area contributed by atoms with E-state index in [9.17, 15) is 4.39 Å². The third-order valence-corrected chi connectivity index (χ3v) is 5.72. The van der Waals surface area contributed by atoms with E-state index in [1.165, 1.54) is 17.6 Å². The molecule has 3 heterocycles. The van der Waals surface area contributed by atoms with Crippen molar-refractivity contribution >= 4 is 38.2 Å². The van der Waals surface area contributed by atoms with Crippen LogP contribution in [-0.4, -0.2) is 29.1 Å². The molecule has 1 aliphatic rings. The first-order chi connectivity index (χ1) is 11.2. The normalized spacial score (nSPS) is 15.0. The van der Waals surface area contributed by atoms with Crippen LogP contribution in [0.2, 0.25) is 0 Å². The summed E-state index contributed by atoms with van der Waals surface area (Å²) in [4.78, 5) is 6.94. The van der Waals surface area contributed by atoms with Gasteiger partial charge in [0.05, 0.1) is 35.7 Å². The van der Waals surface area contributed by atoms with Crippen LogP contribution >= 0.6 is 22.9 Å². The minimum atomic E-state index is -0.201. The molecule has 4 rings (SSSR count). The maximum Gasteiger partial charge on any atom is 0.186 e. The number of anilines is 1. The predicted molar refractivity (Wildman–Crippen MR) is 91.8 cm³/mol. The molecular formula is C16H16FN3OS2. The third-order valence-electron chi connectivity index (χ3n) is 4.04. The van der Waals surface area contributed by atoms with Crippen LogP contribution < -0.4 is 4.90 Å². The Balaban J connectivity index is 1.68. The quantitative estimate of drug-likeness (QED) is 0.701. The van der Waals surface area contributed by atoms with Crippen molar-refractivity contribution in [2.75, 3.05) is 24.7 Å². The Kier molecular flexibility index (Phi) is 4.00. The van der Waals surface area contributed by atoms with Crippen molar-refractivity contribution < 1.29 is 9.13 Å². The summed E-state index contributed by atoms with van der Waals surface area (Å²) in [7, 11) is 0. The van der Waals surface area contributed by atoms with E-state index in [4.69, 9.17) is 9.72 Å². The van der Waals surface area contributed by atoms with Crippen LogP contribution in [0.4, 0.5) is 9.52 Å². The predicted octanol–water partition coefficient (Wildman–Crippen LogP) is 3.85. The summed E-state index contributed by atoms with van der Waals surface area (Å²) in [6.07, 6.45) is 0. The van der Waals surface area contributed by atoms with Gasteiger partial charge in [0.2, 0.25) is 0 Å². The number of benzene rings is 1. The third kappa shape index (κ3) is 2.96. The van der Waals surface area contributed by atoms with Crippen molar-refractivity contribution in [1.82, 2.24) is 9.36 Å². The number of halogens is 1. The Morgan fingerprint density at radius 2 is 2.22 bits per heavy atom. The van der Waals surface area contributed by atoms with Gasteiger partial charge in [-0.2, -0.15) is 4.37 Å². The highest BCUT2D eigenvalue weighted by Crippen LogP contribution is 2.33. The molecule has 1 aromatic carbocycles. The Hall–Kier alpha value is -1.57. The van der Waals surface area contributed by atoms with E-state index in [0.29, 0.717) is 11.5 Å². The Bertz CT molecular complexity index is 814. The molecule has 0 unspecified atom stereocenters. The standard InChI is InChI=1S/C16H16FN3OS2/c1-10-13(17)2-3-14-15(10)18-16(23-14)20(6-11-8-21-9-11)7-12-4-5-22-19-12/h2-5,11H,6-9H2,1H3. The maximum absolute atomic E-state index is 13.8. The summed E-state index contributed by atoms with van der Waals surface area (Å²) in [6, 6.07) is 5.36. The van der Waals surface area contributed by atoms with E-state index in [-0.39, 0.29) is 5.82 Å². The zero-order chi connectivity index (χ0) is 15.8. The van der Waals surface area contributed by atoms with Crippen LogP contribution in [0.5, 0.6) is 0 Å². The molecule has 0 atom stereocenters. The molecular weight excluding hydrogens is 333 g/mol. The molecule has 0 aliphatic carbocycles. The molecule has 120 valence electrons. The number of ether oxygens (including phenoxy) is 1. The molecule has 1 saturated heterocycles. The highest BCUT2D eigenvalue weighted by atomic mass is 32.1. The van der Waals surface area contributed by atoms with Crippen LogP contribution in [0.15, 0.2) is 23.6 Å². The zero-order valence-electron chi connectivity index (χ0n) is 12.7. The van der Waals surface area contributed by atoms with Crippen molar-refractivity contribution in [3.05, 3.63) is 40.7 Å². The number of fused-ring (bicyclic) bond motifs is 1. The summed E-state index contributed by atoms with van der Waals surface area (Å²) >= 11 is 3.07. The molecule has 0 saturated carbocycles. The Labute approximate surface area is 141 Å². The number of hydrogen-bond donors (Lipinski definition) is 0. The van der Waals surface area contributed by atoms with Crippen LogP contribution in [0.25, 0.3) is 10.2 Å². The van der Waals surface area contributed by atoms with E-state index in [0.717, 1.165) is 47.3 Å². The molecule has 0 radical (unpaired) electrons. The van der Waals surface area contributed by atoms with Gasteiger partial charge in [0.15, 0.2) is 5.13 Å². The lowest BCUT2D eigenvalue weighted by molar-refractivity contribution is -0.0278. The van der Waals surface area contributed by atoms with Gasteiger partial charge in [-0.1, -0.05) is 11.3 Å². The Morgan fingerprint density at radius 3 is 2.91 bits per heavy atom. The molecule has 0 spiro atoms. The fraction of sp³-hybridized carbons (Fsp3) is 0.375. The van der Waals surface area contributed by atoms with Gasteiger partial charge in [-0.25, -0.2) is 9.37 Å². The lowest BCUT2D eigenvalue weighted by Crippen LogP contribution is -2.39. The Morgan fingerprint density at radius 1 is 1.35 bits per heavy atom. The maximum atomic E-state index is 13.8. The van der Waals surface area contributed by atoms with Crippen LogP contribution in [0.1, 0.15) is 11.3 Å². The second-order valence-electron chi connectivity index (χ2n) is 5.79. The minimum Gasteiger partial charge on any atom is -0.381 e. The highest BCUT2D eigenvalue weighted by Gasteiger charge is 2.24. The van der Waals surface area contributed by atoms with Crippen molar-refractivity contribution in [2.45, 2.75) is 13.5 Å². The monoisotopic (exact) mass is 349 g/mol. The van der Waals surface area contributed by atoms with Crippen molar-refractivity contribution in [3.8, 4) is 0 Å². The number of aromatic nitrogens is 2. The molecule has 0 N–H and O–H groups in total. The van der Waals surface area contributed by atoms with Gasteiger partial charge < -0.3 is 9.64 Å². The van der Waals surface area contributed by atoms with Crippen LogP contribution in [-0.2, 0) is 11.3 Å². The molecule has 0 amide bonds. The van der Waals surface area contributed by atoms with E-state index < -0.39 is 0 Å². The van der Waals surface area contributed by atoms with E-state index >= 15 is 0 Å². The fourth-order valence-corrected chi connectivity index (χ4v) is 4.22. The highest BCUT2D eigenvalue weighted by molar-refractivity contribution is 7.22. The van der Waals surface area contributed by atoms with Crippen LogP contribution in [0, 0.1) is 18.7 Å². The summed E-state index contributed by atoms with van der Waals surface area (Å²) < 4.78 is 24.5. The summed E-state index contributed by atoms with van der Waals surface area (Å²) in [5, 5.41) is 2.91. The summed E-state index contributed by atoms with van der Waals surface area (Å²) in [5.74, 6) is 0.325. The van der Waals surface area contributed by atoms with Crippen LogP contribution in [0.3, 0.4) is 0 Å².